The predicted molar refractivity (Wildman–Crippen MR) is 162 cm³/mol. The summed E-state index contributed by atoms with van der Waals surface area (Å²) in [4.78, 5) is 29.1. The maximum absolute atomic E-state index is 14.1. The number of halogens is 3. The number of nitrogens with zero attached hydrogens (tertiary/aromatic N) is 2. The van der Waals surface area contributed by atoms with Crippen LogP contribution in [0.3, 0.4) is 0 Å². The molecule has 0 saturated carbocycles. The Labute approximate surface area is 251 Å². The van der Waals surface area contributed by atoms with Crippen LogP contribution >= 0.6 is 34.8 Å². The zero-order chi connectivity index (χ0) is 29.4. The topological polar surface area (TPSA) is 86.8 Å². The van der Waals surface area contributed by atoms with Gasteiger partial charge in [0, 0.05) is 29.1 Å². The molecule has 2 atom stereocenters. The fraction of sp³-hybridized carbons (Fsp3) is 0.310. The fourth-order valence-electron chi connectivity index (χ4n) is 4.06. The van der Waals surface area contributed by atoms with Gasteiger partial charge >= 0.3 is 0 Å². The van der Waals surface area contributed by atoms with E-state index in [0.29, 0.717) is 16.5 Å². The number of rotatable bonds is 12. The lowest BCUT2D eigenvalue weighted by atomic mass is 10.0. The van der Waals surface area contributed by atoms with Crippen molar-refractivity contribution in [1.29, 1.82) is 0 Å². The Kier molecular flexibility index (Phi) is 11.3. The number of anilines is 1. The molecule has 3 aromatic carbocycles. The minimum absolute atomic E-state index is 0.0490. The van der Waals surface area contributed by atoms with E-state index in [1.165, 1.54) is 23.1 Å². The first kappa shape index (κ1) is 31.7. The van der Waals surface area contributed by atoms with Crippen molar-refractivity contribution < 1.29 is 18.0 Å². The zero-order valence-electron chi connectivity index (χ0n) is 22.5. The molecular formula is C29H32Cl3N3O4S. The summed E-state index contributed by atoms with van der Waals surface area (Å²) in [5, 5.41) is 3.91. The number of sulfonamides is 1. The second-order valence-corrected chi connectivity index (χ2v) is 12.7. The molecule has 0 fully saturated rings. The second kappa shape index (κ2) is 14.2. The Morgan fingerprint density at radius 2 is 1.52 bits per heavy atom. The van der Waals surface area contributed by atoms with Crippen molar-refractivity contribution in [3.05, 3.63) is 99.0 Å². The molecule has 0 aliphatic carbocycles. The number of benzene rings is 3. The van der Waals surface area contributed by atoms with Crippen molar-refractivity contribution >= 4 is 62.3 Å². The molecule has 40 heavy (non-hydrogen) atoms. The number of amides is 2. The van der Waals surface area contributed by atoms with Crippen molar-refractivity contribution in [2.24, 2.45) is 0 Å². The monoisotopic (exact) mass is 623 g/mol. The minimum Gasteiger partial charge on any atom is -0.352 e. The number of carbonyl (C=O) groups is 2. The Morgan fingerprint density at radius 3 is 2.10 bits per heavy atom. The van der Waals surface area contributed by atoms with Crippen molar-refractivity contribution in [1.82, 2.24) is 10.2 Å². The van der Waals surface area contributed by atoms with Crippen LogP contribution in [0.5, 0.6) is 0 Å². The third-order valence-corrected chi connectivity index (χ3v) is 8.31. The van der Waals surface area contributed by atoms with Crippen LogP contribution in [0, 0.1) is 0 Å². The highest BCUT2D eigenvalue weighted by molar-refractivity contribution is 7.92. The van der Waals surface area contributed by atoms with Gasteiger partial charge in [-0.15, -0.1) is 0 Å². The van der Waals surface area contributed by atoms with Crippen molar-refractivity contribution in [3.8, 4) is 0 Å². The lowest BCUT2D eigenvalue weighted by molar-refractivity contribution is -0.140. The summed E-state index contributed by atoms with van der Waals surface area (Å²) in [7, 11) is -3.95. The molecule has 0 unspecified atom stereocenters. The van der Waals surface area contributed by atoms with Crippen LogP contribution in [0.15, 0.2) is 72.8 Å². The van der Waals surface area contributed by atoms with E-state index in [0.717, 1.165) is 21.7 Å². The average molecular weight is 625 g/mol. The molecular weight excluding hydrogens is 593 g/mol. The maximum Gasteiger partial charge on any atom is 0.244 e. The van der Waals surface area contributed by atoms with E-state index in [1.54, 1.807) is 24.3 Å². The van der Waals surface area contributed by atoms with Gasteiger partial charge in [-0.2, -0.15) is 0 Å². The third-order valence-electron chi connectivity index (χ3n) is 6.40. The van der Waals surface area contributed by atoms with Gasteiger partial charge in [-0.05, 0) is 54.8 Å². The average Bonchev–Trinajstić information content (AvgIpc) is 2.90. The van der Waals surface area contributed by atoms with Gasteiger partial charge in [0.2, 0.25) is 21.8 Å². The number of hydrogen-bond donors (Lipinski definition) is 1. The molecule has 0 radical (unpaired) electrons. The van der Waals surface area contributed by atoms with Crippen LogP contribution in [-0.4, -0.2) is 50.0 Å². The van der Waals surface area contributed by atoms with Gasteiger partial charge in [0.05, 0.1) is 17.0 Å². The van der Waals surface area contributed by atoms with Crippen LogP contribution in [0.4, 0.5) is 5.69 Å². The van der Waals surface area contributed by atoms with E-state index in [9.17, 15) is 18.0 Å². The Hall–Kier alpha value is -2.78. The summed E-state index contributed by atoms with van der Waals surface area (Å²) < 4.78 is 26.7. The zero-order valence-corrected chi connectivity index (χ0v) is 25.6. The summed E-state index contributed by atoms with van der Waals surface area (Å²) >= 11 is 18.4. The molecule has 0 bridgehead atoms. The van der Waals surface area contributed by atoms with E-state index >= 15 is 0 Å². The van der Waals surface area contributed by atoms with Crippen LogP contribution in [0.2, 0.25) is 15.1 Å². The van der Waals surface area contributed by atoms with Crippen LogP contribution < -0.4 is 9.62 Å². The summed E-state index contributed by atoms with van der Waals surface area (Å²) in [5.74, 6) is -0.914. The molecule has 0 heterocycles. The lowest BCUT2D eigenvalue weighted by Gasteiger charge is -2.34. The van der Waals surface area contributed by atoms with Crippen molar-refractivity contribution in [2.75, 3.05) is 17.1 Å². The molecule has 0 aliphatic rings. The second-order valence-electron chi connectivity index (χ2n) is 9.54. The van der Waals surface area contributed by atoms with E-state index in [4.69, 9.17) is 34.8 Å². The van der Waals surface area contributed by atoms with Gasteiger partial charge in [-0.25, -0.2) is 8.42 Å². The van der Waals surface area contributed by atoms with Crippen LogP contribution in [0.1, 0.15) is 31.4 Å². The Bertz CT molecular complexity index is 1420. The van der Waals surface area contributed by atoms with E-state index in [-0.39, 0.29) is 35.6 Å². The number of carbonyl (C=O) groups excluding carboxylic acids is 2. The Morgan fingerprint density at radius 1 is 0.900 bits per heavy atom. The largest absolute Gasteiger partial charge is 0.352 e. The fourth-order valence-corrected chi connectivity index (χ4v) is 5.61. The van der Waals surface area contributed by atoms with Gasteiger partial charge < -0.3 is 10.2 Å². The summed E-state index contributed by atoms with van der Waals surface area (Å²) in [6, 6.07) is 19.6. The van der Waals surface area contributed by atoms with Gasteiger partial charge in [0.1, 0.15) is 12.6 Å². The minimum atomic E-state index is -3.95. The first-order valence-corrected chi connectivity index (χ1v) is 15.7. The quantitative estimate of drug-likeness (QED) is 0.269. The summed E-state index contributed by atoms with van der Waals surface area (Å²) in [6.07, 6.45) is 1.92. The van der Waals surface area contributed by atoms with Gasteiger partial charge in [-0.1, -0.05) is 84.2 Å². The molecule has 7 nitrogen and oxygen atoms in total. The van der Waals surface area contributed by atoms with Gasteiger partial charge in [-0.3, -0.25) is 13.9 Å². The molecule has 11 heteroatoms. The SMILES string of the molecule is CC[C@H](C)NC(=O)[C@H](Cc1ccccc1)N(Cc1ccc(Cl)cc1)C(=O)CN(c1ccc(Cl)cc1Cl)S(C)(=O)=O. The van der Waals surface area contributed by atoms with Gasteiger partial charge in [0.25, 0.3) is 0 Å². The molecule has 214 valence electrons. The lowest BCUT2D eigenvalue weighted by Crippen LogP contribution is -2.54. The highest BCUT2D eigenvalue weighted by atomic mass is 35.5. The highest BCUT2D eigenvalue weighted by Gasteiger charge is 2.33. The Balaban J connectivity index is 2.07. The first-order valence-electron chi connectivity index (χ1n) is 12.7. The maximum atomic E-state index is 14.1. The predicted octanol–water partition coefficient (Wildman–Crippen LogP) is 5.97. The van der Waals surface area contributed by atoms with Crippen molar-refractivity contribution in [3.63, 3.8) is 0 Å². The van der Waals surface area contributed by atoms with Crippen LogP contribution in [-0.2, 0) is 32.6 Å². The van der Waals surface area contributed by atoms with Gasteiger partial charge in [0.15, 0.2) is 0 Å². The molecule has 0 spiro atoms. The summed E-state index contributed by atoms with van der Waals surface area (Å²) in [5.41, 5.74) is 1.68. The van der Waals surface area contributed by atoms with Crippen molar-refractivity contribution in [2.45, 2.75) is 45.3 Å². The molecule has 0 aromatic heterocycles. The molecule has 1 N–H and O–H groups in total. The van der Waals surface area contributed by atoms with E-state index in [2.05, 4.69) is 5.32 Å². The number of nitrogens with one attached hydrogen (secondary N) is 1. The first-order chi connectivity index (χ1) is 18.9. The highest BCUT2D eigenvalue weighted by Crippen LogP contribution is 2.30. The summed E-state index contributed by atoms with van der Waals surface area (Å²) in [6.45, 7) is 3.31. The van der Waals surface area contributed by atoms with E-state index < -0.39 is 28.5 Å². The van der Waals surface area contributed by atoms with Crippen LogP contribution in [0.25, 0.3) is 0 Å². The molecule has 0 aliphatic heterocycles. The third kappa shape index (κ3) is 8.86. The molecule has 3 rings (SSSR count). The molecule has 3 aromatic rings. The standard InChI is InChI=1S/C29H32Cl3N3O4S/c1-4-20(2)33-29(37)27(16-21-8-6-5-7-9-21)34(18-22-10-12-23(30)13-11-22)28(36)19-35(40(3,38)39)26-15-14-24(31)17-25(26)32/h5-15,17,20,27H,4,16,18-19H2,1-3H3,(H,33,37)/t20-,27-/m0/s1. The number of hydrogen-bond acceptors (Lipinski definition) is 4. The molecule has 2 amide bonds. The molecule has 0 saturated heterocycles. The van der Waals surface area contributed by atoms with E-state index in [1.807, 2.05) is 44.2 Å². The smallest absolute Gasteiger partial charge is 0.244 e. The normalized spacial score (nSPS) is 12.8.